The van der Waals surface area contributed by atoms with E-state index in [-0.39, 0.29) is 16.5 Å². The topological polar surface area (TPSA) is 66.0 Å². The van der Waals surface area contributed by atoms with Gasteiger partial charge in [0.15, 0.2) is 11.6 Å². The van der Waals surface area contributed by atoms with Gasteiger partial charge in [0.25, 0.3) is 5.56 Å². The van der Waals surface area contributed by atoms with Crippen molar-refractivity contribution in [3.63, 3.8) is 0 Å². The number of nitrogens with zero attached hydrogens (tertiary/aromatic N) is 1. The number of H-pyrrole nitrogens is 1. The maximum Gasteiger partial charge on any atom is 0.259 e. The molecule has 0 aliphatic rings. The van der Waals surface area contributed by atoms with E-state index < -0.39 is 22.9 Å². The minimum atomic E-state index is -0.894. The summed E-state index contributed by atoms with van der Waals surface area (Å²) in [5.41, 5.74) is 0.0520. The minimum absolute atomic E-state index is 0.0537. The Bertz CT molecular complexity index is 857. The van der Waals surface area contributed by atoms with Gasteiger partial charge < -0.3 is 10.1 Å². The first kappa shape index (κ1) is 12.3. The molecule has 1 heterocycles. The molecule has 100 valence electrons. The third-order valence-corrected chi connectivity index (χ3v) is 3.00. The van der Waals surface area contributed by atoms with Crippen LogP contribution in [0.25, 0.3) is 22.0 Å². The van der Waals surface area contributed by atoms with Crippen LogP contribution >= 0.6 is 0 Å². The molecule has 20 heavy (non-hydrogen) atoms. The van der Waals surface area contributed by atoms with E-state index in [9.17, 15) is 18.7 Å². The molecule has 4 nitrogen and oxygen atoms in total. The summed E-state index contributed by atoms with van der Waals surface area (Å²) in [6.45, 7) is 0. The molecular weight excluding hydrogens is 266 g/mol. The van der Waals surface area contributed by atoms with E-state index in [0.29, 0.717) is 5.56 Å². The monoisotopic (exact) mass is 274 g/mol. The van der Waals surface area contributed by atoms with Crippen LogP contribution < -0.4 is 5.56 Å². The molecule has 2 N–H and O–H groups in total. The molecular formula is C14H8F2N2O2. The van der Waals surface area contributed by atoms with Crippen LogP contribution in [0.3, 0.4) is 0 Å². The SMILES string of the molecule is O=c1[nH]cnc2c(O)c(F)cc(-c3ccc(F)cc3)c12. The van der Waals surface area contributed by atoms with Crippen LogP contribution in [-0.4, -0.2) is 15.1 Å². The number of nitrogens with one attached hydrogen (secondary N) is 1. The molecule has 0 unspecified atom stereocenters. The highest BCUT2D eigenvalue weighted by Crippen LogP contribution is 2.32. The van der Waals surface area contributed by atoms with Crippen LogP contribution in [-0.2, 0) is 0 Å². The van der Waals surface area contributed by atoms with Gasteiger partial charge in [-0.15, -0.1) is 0 Å². The number of phenols is 1. The van der Waals surface area contributed by atoms with Gasteiger partial charge in [-0.05, 0) is 29.3 Å². The smallest absolute Gasteiger partial charge is 0.259 e. The number of aromatic amines is 1. The van der Waals surface area contributed by atoms with E-state index in [2.05, 4.69) is 9.97 Å². The van der Waals surface area contributed by atoms with E-state index >= 15 is 0 Å². The molecule has 1 aromatic heterocycles. The Kier molecular flexibility index (Phi) is 2.71. The maximum atomic E-state index is 13.7. The Balaban J connectivity index is 2.44. The summed E-state index contributed by atoms with van der Waals surface area (Å²) in [6, 6.07) is 6.29. The van der Waals surface area contributed by atoms with Gasteiger partial charge >= 0.3 is 0 Å². The zero-order valence-electron chi connectivity index (χ0n) is 10.0. The molecule has 0 radical (unpaired) electrons. The molecule has 0 fully saturated rings. The molecule has 3 aromatic rings. The lowest BCUT2D eigenvalue weighted by Crippen LogP contribution is -2.08. The van der Waals surface area contributed by atoms with Crippen molar-refractivity contribution < 1.29 is 13.9 Å². The minimum Gasteiger partial charge on any atom is -0.503 e. The highest BCUT2D eigenvalue weighted by Gasteiger charge is 2.16. The van der Waals surface area contributed by atoms with Gasteiger partial charge in [-0.2, -0.15) is 0 Å². The number of hydrogen-bond donors (Lipinski definition) is 2. The predicted molar refractivity (Wildman–Crippen MR) is 69.4 cm³/mol. The first-order valence-electron chi connectivity index (χ1n) is 5.72. The number of fused-ring (bicyclic) bond motifs is 1. The Hall–Kier alpha value is -2.76. The van der Waals surface area contributed by atoms with E-state index in [1.54, 1.807) is 0 Å². The molecule has 3 rings (SSSR count). The summed E-state index contributed by atoms with van der Waals surface area (Å²) in [5, 5.41) is 9.70. The Morgan fingerprint density at radius 2 is 1.85 bits per heavy atom. The molecule has 0 spiro atoms. The second-order valence-corrected chi connectivity index (χ2v) is 4.22. The number of rotatable bonds is 1. The van der Waals surface area contributed by atoms with E-state index in [1.165, 1.54) is 24.3 Å². The van der Waals surface area contributed by atoms with Crippen LogP contribution in [0.1, 0.15) is 0 Å². The van der Waals surface area contributed by atoms with Gasteiger partial charge in [0.2, 0.25) is 0 Å². The lowest BCUT2D eigenvalue weighted by molar-refractivity contribution is 0.437. The second kappa shape index (κ2) is 4.41. The lowest BCUT2D eigenvalue weighted by Gasteiger charge is -2.08. The molecule has 0 saturated heterocycles. The molecule has 0 aliphatic carbocycles. The van der Waals surface area contributed by atoms with Gasteiger partial charge in [-0.25, -0.2) is 13.8 Å². The van der Waals surface area contributed by atoms with Crippen molar-refractivity contribution in [2.45, 2.75) is 0 Å². The fraction of sp³-hybridized carbons (Fsp3) is 0. The van der Waals surface area contributed by atoms with Crippen molar-refractivity contribution in [2.24, 2.45) is 0 Å². The average molecular weight is 274 g/mol. The van der Waals surface area contributed by atoms with Crippen molar-refractivity contribution in [3.8, 4) is 16.9 Å². The number of aromatic hydroxyl groups is 1. The average Bonchev–Trinajstić information content (AvgIpc) is 2.44. The summed E-state index contributed by atoms with van der Waals surface area (Å²) in [5.74, 6) is -2.02. The Labute approximate surface area is 111 Å². The third kappa shape index (κ3) is 1.82. The highest BCUT2D eigenvalue weighted by atomic mass is 19.1. The van der Waals surface area contributed by atoms with Gasteiger partial charge in [0, 0.05) is 0 Å². The summed E-state index contributed by atoms with van der Waals surface area (Å²) in [6.07, 6.45) is 1.08. The number of phenolic OH excluding ortho intramolecular Hbond substituents is 1. The summed E-state index contributed by atoms with van der Waals surface area (Å²) in [4.78, 5) is 18.1. The van der Waals surface area contributed by atoms with Crippen molar-refractivity contribution >= 4 is 10.9 Å². The Morgan fingerprint density at radius 3 is 2.55 bits per heavy atom. The largest absolute Gasteiger partial charge is 0.503 e. The molecule has 2 aromatic carbocycles. The second-order valence-electron chi connectivity index (χ2n) is 4.22. The zero-order chi connectivity index (χ0) is 14.3. The van der Waals surface area contributed by atoms with E-state index in [1.807, 2.05) is 0 Å². The van der Waals surface area contributed by atoms with Gasteiger partial charge in [-0.1, -0.05) is 12.1 Å². The third-order valence-electron chi connectivity index (χ3n) is 3.00. The molecule has 0 saturated carbocycles. The van der Waals surface area contributed by atoms with Gasteiger partial charge in [0.1, 0.15) is 11.3 Å². The zero-order valence-corrected chi connectivity index (χ0v) is 10.0. The van der Waals surface area contributed by atoms with Crippen LogP contribution in [0.15, 0.2) is 41.5 Å². The fourth-order valence-corrected chi connectivity index (χ4v) is 2.07. The quantitative estimate of drug-likeness (QED) is 0.716. The number of benzene rings is 2. The summed E-state index contributed by atoms with van der Waals surface area (Å²) in [7, 11) is 0. The number of aromatic nitrogens is 2. The first-order valence-corrected chi connectivity index (χ1v) is 5.72. The van der Waals surface area contributed by atoms with Crippen molar-refractivity contribution in [3.05, 3.63) is 58.6 Å². The summed E-state index contributed by atoms with van der Waals surface area (Å²) >= 11 is 0. The standard InChI is InChI=1S/C14H8F2N2O2/c15-8-3-1-7(2-4-8)9-5-10(16)13(19)12-11(9)14(20)18-6-17-12/h1-6,19H,(H,17,18,20). The van der Waals surface area contributed by atoms with E-state index in [4.69, 9.17) is 0 Å². The number of hydrogen-bond acceptors (Lipinski definition) is 3. The first-order chi connectivity index (χ1) is 9.58. The van der Waals surface area contributed by atoms with Crippen molar-refractivity contribution in [1.82, 2.24) is 9.97 Å². The van der Waals surface area contributed by atoms with Gasteiger partial charge in [-0.3, -0.25) is 4.79 Å². The molecule has 0 amide bonds. The van der Waals surface area contributed by atoms with Gasteiger partial charge in [0.05, 0.1) is 11.7 Å². The molecule has 0 aliphatic heterocycles. The van der Waals surface area contributed by atoms with E-state index in [0.717, 1.165) is 12.4 Å². The molecule has 0 bridgehead atoms. The van der Waals surface area contributed by atoms with Crippen LogP contribution in [0.2, 0.25) is 0 Å². The van der Waals surface area contributed by atoms with Crippen LogP contribution in [0, 0.1) is 11.6 Å². The van der Waals surface area contributed by atoms with Crippen LogP contribution in [0.5, 0.6) is 5.75 Å². The normalized spacial score (nSPS) is 10.9. The highest BCUT2D eigenvalue weighted by molar-refractivity contribution is 5.97. The maximum absolute atomic E-state index is 13.7. The van der Waals surface area contributed by atoms with Crippen molar-refractivity contribution in [2.75, 3.05) is 0 Å². The fourth-order valence-electron chi connectivity index (χ4n) is 2.07. The number of halogens is 2. The Morgan fingerprint density at radius 1 is 1.15 bits per heavy atom. The lowest BCUT2D eigenvalue weighted by atomic mass is 10.0. The van der Waals surface area contributed by atoms with Crippen molar-refractivity contribution in [1.29, 1.82) is 0 Å². The predicted octanol–water partition coefficient (Wildman–Crippen LogP) is 2.57. The van der Waals surface area contributed by atoms with Crippen LogP contribution in [0.4, 0.5) is 8.78 Å². The summed E-state index contributed by atoms with van der Waals surface area (Å²) < 4.78 is 26.7. The molecule has 0 atom stereocenters. The molecule has 6 heteroatoms.